The first-order valence-corrected chi connectivity index (χ1v) is 8.88. The van der Waals surface area contributed by atoms with Gasteiger partial charge in [-0.2, -0.15) is 0 Å². The maximum Gasteiger partial charge on any atom is 0.341 e. The average Bonchev–Trinajstić information content (AvgIpc) is 2.94. The summed E-state index contributed by atoms with van der Waals surface area (Å²) in [6.07, 6.45) is 4.68. The highest BCUT2D eigenvalue weighted by atomic mass is 35.5. The van der Waals surface area contributed by atoms with Crippen LogP contribution in [0.1, 0.15) is 21.5 Å². The largest absolute Gasteiger partial charge is 0.495 e. The van der Waals surface area contributed by atoms with Crippen molar-refractivity contribution in [2.75, 3.05) is 18.7 Å². The fourth-order valence-electron chi connectivity index (χ4n) is 2.80. The second-order valence-electron chi connectivity index (χ2n) is 5.43. The number of aromatic carboxylic acids is 1. The first kappa shape index (κ1) is 16.9. The van der Waals surface area contributed by atoms with Gasteiger partial charge in [-0.25, -0.2) is 14.8 Å². The molecule has 0 aliphatic heterocycles. The number of thioether (sulfide) groups is 1. The van der Waals surface area contributed by atoms with E-state index in [1.165, 1.54) is 18.0 Å². The number of halogens is 1. The van der Waals surface area contributed by atoms with Crippen LogP contribution in [0.25, 0.3) is 0 Å². The molecule has 3 rings (SSSR count). The lowest BCUT2D eigenvalue weighted by Gasteiger charge is -2.15. The van der Waals surface area contributed by atoms with E-state index in [2.05, 4.69) is 15.3 Å². The number of aromatic nitrogens is 2. The molecular formula is C16H16ClN3O3S. The Morgan fingerprint density at radius 2 is 2.12 bits per heavy atom. The van der Waals surface area contributed by atoms with Crippen LogP contribution in [0.15, 0.2) is 23.5 Å². The predicted molar refractivity (Wildman–Crippen MR) is 93.6 cm³/mol. The monoisotopic (exact) mass is 365 g/mol. The Labute approximate surface area is 148 Å². The van der Waals surface area contributed by atoms with Crippen molar-refractivity contribution in [1.29, 1.82) is 0 Å². The molecule has 2 aromatic rings. The third kappa shape index (κ3) is 3.27. The Balaban J connectivity index is 1.84. The average molecular weight is 366 g/mol. The zero-order valence-electron chi connectivity index (χ0n) is 13.2. The molecule has 0 radical (unpaired) electrons. The van der Waals surface area contributed by atoms with E-state index in [1.54, 1.807) is 7.11 Å². The van der Waals surface area contributed by atoms with Crippen LogP contribution in [-0.2, 0) is 12.8 Å². The number of nitrogens with one attached hydrogen (secondary N) is 1. The summed E-state index contributed by atoms with van der Waals surface area (Å²) >= 11 is 7.54. The van der Waals surface area contributed by atoms with Crippen LogP contribution in [0, 0.1) is 0 Å². The molecule has 1 unspecified atom stereocenters. The number of methoxy groups -OCH3 is 1. The van der Waals surface area contributed by atoms with Crippen LogP contribution < -0.4 is 10.1 Å². The number of carbonyl (C=O) groups is 1. The molecule has 0 amide bonds. The molecule has 1 heterocycles. The molecule has 0 bridgehead atoms. The van der Waals surface area contributed by atoms with E-state index < -0.39 is 5.97 Å². The molecule has 0 saturated carbocycles. The van der Waals surface area contributed by atoms with E-state index in [0.29, 0.717) is 21.7 Å². The number of hydrogen-bond acceptors (Lipinski definition) is 6. The zero-order valence-corrected chi connectivity index (χ0v) is 14.7. The topological polar surface area (TPSA) is 84.3 Å². The molecule has 1 aliphatic carbocycles. The van der Waals surface area contributed by atoms with Gasteiger partial charge >= 0.3 is 5.97 Å². The summed E-state index contributed by atoms with van der Waals surface area (Å²) in [5, 5.41) is 13.7. The molecule has 0 saturated heterocycles. The summed E-state index contributed by atoms with van der Waals surface area (Å²) in [6.45, 7) is 0. The number of nitrogens with zero attached hydrogens (tertiary/aromatic N) is 2. The molecular weight excluding hydrogens is 350 g/mol. The van der Waals surface area contributed by atoms with Gasteiger partial charge in [0.2, 0.25) is 0 Å². The number of hydrogen-bond donors (Lipinski definition) is 2. The number of benzene rings is 1. The van der Waals surface area contributed by atoms with Crippen LogP contribution >= 0.6 is 23.4 Å². The van der Waals surface area contributed by atoms with Gasteiger partial charge in [0.25, 0.3) is 0 Å². The van der Waals surface area contributed by atoms with Gasteiger partial charge in [-0.1, -0.05) is 23.4 Å². The van der Waals surface area contributed by atoms with E-state index in [1.807, 2.05) is 18.4 Å². The Kier molecular flexibility index (Phi) is 4.82. The molecule has 1 aromatic carbocycles. The molecule has 8 heteroatoms. The number of fused-ring (bicyclic) bond motifs is 1. The normalized spacial score (nSPS) is 15.9. The summed E-state index contributed by atoms with van der Waals surface area (Å²) in [5.74, 6) is -0.0582. The van der Waals surface area contributed by atoms with E-state index in [9.17, 15) is 9.90 Å². The first-order valence-electron chi connectivity index (χ1n) is 7.28. The van der Waals surface area contributed by atoms with Crippen LogP contribution in [0.4, 0.5) is 5.82 Å². The predicted octanol–water partition coefficient (Wildman–Crippen LogP) is 3.14. The van der Waals surface area contributed by atoms with Crippen molar-refractivity contribution in [3.8, 4) is 5.75 Å². The molecule has 126 valence electrons. The summed E-state index contributed by atoms with van der Waals surface area (Å²) in [4.78, 5) is 19.7. The zero-order chi connectivity index (χ0) is 17.3. The molecule has 1 atom stereocenters. The van der Waals surface area contributed by atoms with Crippen LogP contribution in [0.3, 0.4) is 0 Å². The fraction of sp³-hybridized carbons (Fsp3) is 0.312. The van der Waals surface area contributed by atoms with E-state index in [4.69, 9.17) is 16.3 Å². The van der Waals surface area contributed by atoms with Gasteiger partial charge in [0.15, 0.2) is 5.16 Å². The van der Waals surface area contributed by atoms with Gasteiger partial charge in [0, 0.05) is 12.2 Å². The van der Waals surface area contributed by atoms with Gasteiger partial charge in [0.1, 0.15) is 17.1 Å². The highest BCUT2D eigenvalue weighted by Gasteiger charge is 2.25. The summed E-state index contributed by atoms with van der Waals surface area (Å²) in [5.41, 5.74) is 2.35. The van der Waals surface area contributed by atoms with Crippen LogP contribution in [0.5, 0.6) is 5.75 Å². The molecule has 2 N–H and O–H groups in total. The number of carboxylic acids is 1. The smallest absolute Gasteiger partial charge is 0.341 e. The quantitative estimate of drug-likeness (QED) is 0.622. The minimum absolute atomic E-state index is 0.0471. The van der Waals surface area contributed by atoms with Crippen molar-refractivity contribution in [2.24, 2.45) is 0 Å². The third-order valence-electron chi connectivity index (χ3n) is 3.93. The maximum atomic E-state index is 11.4. The van der Waals surface area contributed by atoms with Gasteiger partial charge < -0.3 is 15.2 Å². The Morgan fingerprint density at radius 1 is 1.42 bits per heavy atom. The molecule has 1 aromatic heterocycles. The van der Waals surface area contributed by atoms with Crippen molar-refractivity contribution in [3.63, 3.8) is 0 Å². The highest BCUT2D eigenvalue weighted by molar-refractivity contribution is 7.98. The number of anilines is 1. The van der Waals surface area contributed by atoms with Crippen LogP contribution in [-0.4, -0.2) is 40.5 Å². The minimum atomic E-state index is -1.05. The lowest BCUT2D eigenvalue weighted by molar-refractivity contribution is 0.0697. The number of rotatable bonds is 5. The highest BCUT2D eigenvalue weighted by Crippen LogP contribution is 2.34. The lowest BCUT2D eigenvalue weighted by Crippen LogP contribution is -2.22. The fourth-order valence-corrected chi connectivity index (χ4v) is 3.41. The van der Waals surface area contributed by atoms with Crippen molar-refractivity contribution in [2.45, 2.75) is 24.0 Å². The van der Waals surface area contributed by atoms with Crippen molar-refractivity contribution >= 4 is 35.1 Å². The molecule has 24 heavy (non-hydrogen) atoms. The summed E-state index contributed by atoms with van der Waals surface area (Å²) < 4.78 is 5.25. The minimum Gasteiger partial charge on any atom is -0.495 e. The van der Waals surface area contributed by atoms with E-state index in [0.717, 1.165) is 24.0 Å². The van der Waals surface area contributed by atoms with Gasteiger partial charge in [-0.05, 0) is 42.4 Å². The summed E-state index contributed by atoms with van der Waals surface area (Å²) in [7, 11) is 1.59. The second kappa shape index (κ2) is 6.86. The molecule has 6 nitrogen and oxygen atoms in total. The standard InChI is InChI=1S/C16H16ClN3O3S/c1-23-13-6-9-4-10(3-8(9)5-12(13)17)19-14-11(15(21)22)7-18-16(20-14)24-2/h5-7,10H,3-4H2,1-2H3,(H,21,22)(H,18,19,20). The Morgan fingerprint density at radius 3 is 2.75 bits per heavy atom. The first-order chi connectivity index (χ1) is 11.5. The number of ether oxygens (including phenoxy) is 1. The van der Waals surface area contributed by atoms with E-state index in [-0.39, 0.29) is 11.6 Å². The maximum absolute atomic E-state index is 11.4. The second-order valence-corrected chi connectivity index (χ2v) is 6.61. The SMILES string of the molecule is COc1cc2c(cc1Cl)CC(Nc1nc(SC)ncc1C(=O)O)C2. The van der Waals surface area contributed by atoms with Crippen molar-refractivity contribution in [1.82, 2.24) is 9.97 Å². The van der Waals surface area contributed by atoms with Gasteiger partial charge in [0.05, 0.1) is 12.1 Å². The molecule has 1 aliphatic rings. The molecule has 0 fully saturated rings. The number of carboxylic acid groups (broad SMARTS) is 1. The van der Waals surface area contributed by atoms with Crippen molar-refractivity contribution < 1.29 is 14.6 Å². The summed E-state index contributed by atoms with van der Waals surface area (Å²) in [6, 6.07) is 3.89. The Bertz CT molecular complexity index is 800. The van der Waals surface area contributed by atoms with E-state index >= 15 is 0 Å². The third-order valence-corrected chi connectivity index (χ3v) is 4.78. The van der Waals surface area contributed by atoms with Gasteiger partial charge in [-0.15, -0.1) is 0 Å². The van der Waals surface area contributed by atoms with Crippen molar-refractivity contribution in [3.05, 3.63) is 40.0 Å². The van der Waals surface area contributed by atoms with Gasteiger partial charge in [-0.3, -0.25) is 0 Å². The van der Waals surface area contributed by atoms with Crippen LogP contribution in [0.2, 0.25) is 5.02 Å². The Hall–Kier alpha value is -1.99. The molecule has 0 spiro atoms. The lowest BCUT2D eigenvalue weighted by atomic mass is 10.1.